The Hall–Kier alpha value is -2.76. The zero-order chi connectivity index (χ0) is 16.4. The van der Waals surface area contributed by atoms with E-state index in [1.165, 1.54) is 6.33 Å². The first-order valence-corrected chi connectivity index (χ1v) is 7.00. The summed E-state index contributed by atoms with van der Waals surface area (Å²) in [5.74, 6) is 1.76. The van der Waals surface area contributed by atoms with Crippen molar-refractivity contribution >= 4 is 11.5 Å². The van der Waals surface area contributed by atoms with Crippen LogP contribution in [0.5, 0.6) is 5.75 Å². The molecule has 0 atom stereocenters. The second kappa shape index (κ2) is 5.93. The maximum absolute atomic E-state index is 10.0. The minimum atomic E-state index is 0.189. The smallest absolute Gasteiger partial charge is 0.138 e. The normalized spacial score (nSPS) is 10.5. The molecule has 1 aromatic carbocycles. The van der Waals surface area contributed by atoms with E-state index in [2.05, 4.69) is 23.2 Å². The Labute approximate surface area is 130 Å². The number of rotatable bonds is 5. The zero-order valence-corrected chi connectivity index (χ0v) is 13.2. The molecule has 0 spiro atoms. The van der Waals surface area contributed by atoms with Crippen molar-refractivity contribution in [3.05, 3.63) is 54.4 Å². The summed E-state index contributed by atoms with van der Waals surface area (Å²) in [4.78, 5) is 5.88. The quantitative estimate of drug-likeness (QED) is 0.886. The molecule has 2 rings (SSSR count). The predicted octanol–water partition coefficient (Wildman–Crippen LogP) is 2.53. The summed E-state index contributed by atoms with van der Waals surface area (Å²) in [6.45, 7) is 13.7. The number of aromatic hydroxyl groups is 1. The number of anilines is 1. The van der Waals surface area contributed by atoms with Crippen LogP contribution in [0.15, 0.2) is 37.4 Å². The lowest BCUT2D eigenvalue weighted by atomic mass is 10.1. The summed E-state index contributed by atoms with van der Waals surface area (Å²) < 4.78 is 1.63. The van der Waals surface area contributed by atoms with Crippen LogP contribution in [0.4, 0.5) is 5.69 Å². The molecular formula is C16H21N5O. The Morgan fingerprint density at radius 3 is 2.64 bits per heavy atom. The van der Waals surface area contributed by atoms with Gasteiger partial charge in [-0.05, 0) is 25.5 Å². The highest BCUT2D eigenvalue weighted by Crippen LogP contribution is 2.35. The molecule has 1 heterocycles. The van der Waals surface area contributed by atoms with Gasteiger partial charge >= 0.3 is 0 Å². The summed E-state index contributed by atoms with van der Waals surface area (Å²) in [5.41, 5.74) is 8.37. The van der Waals surface area contributed by atoms with Crippen molar-refractivity contribution in [3.63, 3.8) is 0 Å². The molecule has 6 nitrogen and oxygen atoms in total. The average Bonchev–Trinajstić information content (AvgIpc) is 2.95. The molecule has 0 bridgehead atoms. The largest absolute Gasteiger partial charge is 0.508 e. The van der Waals surface area contributed by atoms with Crippen LogP contribution in [0.25, 0.3) is 5.82 Å². The minimum absolute atomic E-state index is 0.189. The van der Waals surface area contributed by atoms with Gasteiger partial charge in [0.15, 0.2) is 0 Å². The number of hydrogen-bond donors (Lipinski definition) is 2. The van der Waals surface area contributed by atoms with Crippen molar-refractivity contribution in [2.75, 3.05) is 4.90 Å². The Kier molecular flexibility index (Phi) is 4.21. The van der Waals surface area contributed by atoms with E-state index in [4.69, 9.17) is 5.73 Å². The summed E-state index contributed by atoms with van der Waals surface area (Å²) in [6.07, 6.45) is 2.19. The molecule has 3 N–H and O–H groups in total. The van der Waals surface area contributed by atoms with E-state index in [-0.39, 0.29) is 5.75 Å². The van der Waals surface area contributed by atoms with E-state index in [0.717, 1.165) is 17.1 Å². The van der Waals surface area contributed by atoms with Gasteiger partial charge in [-0.15, -0.1) is 0 Å². The van der Waals surface area contributed by atoms with Gasteiger partial charge in [-0.25, -0.2) is 9.67 Å². The van der Waals surface area contributed by atoms with Crippen LogP contribution in [0.1, 0.15) is 23.9 Å². The number of benzene rings is 1. The minimum Gasteiger partial charge on any atom is -0.508 e. The molecule has 0 aliphatic heterocycles. The number of hydrogen-bond acceptors (Lipinski definition) is 5. The molecule has 0 amide bonds. The summed E-state index contributed by atoms with van der Waals surface area (Å²) in [7, 11) is 0. The molecule has 6 heteroatoms. The third-order valence-electron chi connectivity index (χ3n) is 3.55. The first-order valence-electron chi connectivity index (χ1n) is 7.00. The van der Waals surface area contributed by atoms with Crippen LogP contribution >= 0.6 is 0 Å². The molecule has 0 fully saturated rings. The fourth-order valence-corrected chi connectivity index (χ4v) is 2.42. The topological polar surface area (TPSA) is 80.2 Å². The van der Waals surface area contributed by atoms with Crippen LogP contribution in [-0.2, 0) is 6.42 Å². The highest BCUT2D eigenvalue weighted by atomic mass is 16.3. The van der Waals surface area contributed by atoms with Crippen molar-refractivity contribution in [1.29, 1.82) is 0 Å². The van der Waals surface area contributed by atoms with Crippen molar-refractivity contribution in [2.24, 2.45) is 5.73 Å². The summed E-state index contributed by atoms with van der Waals surface area (Å²) >= 11 is 0. The number of nitrogens with two attached hydrogens (primary N) is 1. The Bertz CT molecular complexity index is 732. The van der Waals surface area contributed by atoms with Crippen LogP contribution < -0.4 is 10.6 Å². The Morgan fingerprint density at radius 2 is 2.05 bits per heavy atom. The third kappa shape index (κ3) is 2.55. The van der Waals surface area contributed by atoms with E-state index >= 15 is 0 Å². The van der Waals surface area contributed by atoms with Crippen molar-refractivity contribution in [2.45, 2.75) is 27.2 Å². The monoisotopic (exact) mass is 299 g/mol. The second-order valence-electron chi connectivity index (χ2n) is 5.06. The predicted molar refractivity (Wildman–Crippen MR) is 88.1 cm³/mol. The molecule has 0 aliphatic rings. The van der Waals surface area contributed by atoms with Crippen molar-refractivity contribution < 1.29 is 5.11 Å². The van der Waals surface area contributed by atoms with Gasteiger partial charge < -0.3 is 10.8 Å². The number of phenolic OH excluding ortho intramolecular Hbond substituents is 1. The summed E-state index contributed by atoms with van der Waals surface area (Å²) in [5, 5.41) is 14.2. The maximum Gasteiger partial charge on any atom is 0.138 e. The highest BCUT2D eigenvalue weighted by Gasteiger charge is 2.21. The molecule has 0 unspecified atom stereocenters. The maximum atomic E-state index is 10.0. The third-order valence-corrected chi connectivity index (χ3v) is 3.55. The lowest BCUT2D eigenvalue weighted by Crippen LogP contribution is -2.30. The first kappa shape index (κ1) is 15.6. The molecule has 1 aromatic heterocycles. The molecular weight excluding hydrogens is 278 g/mol. The zero-order valence-electron chi connectivity index (χ0n) is 13.2. The van der Waals surface area contributed by atoms with E-state index < -0.39 is 0 Å². The van der Waals surface area contributed by atoms with Gasteiger partial charge in [0.05, 0.1) is 5.69 Å². The number of nitrogens with zero attached hydrogens (tertiary/aromatic N) is 4. The van der Waals surface area contributed by atoms with Gasteiger partial charge in [-0.1, -0.05) is 26.1 Å². The fourth-order valence-electron chi connectivity index (χ4n) is 2.42. The number of phenols is 1. The lowest BCUT2D eigenvalue weighted by Gasteiger charge is -2.29. The summed E-state index contributed by atoms with van der Waals surface area (Å²) in [6, 6.07) is 3.48. The average molecular weight is 299 g/mol. The van der Waals surface area contributed by atoms with Crippen LogP contribution in [-0.4, -0.2) is 19.9 Å². The fraction of sp³-hybridized carbons (Fsp3) is 0.250. The van der Waals surface area contributed by atoms with Crippen LogP contribution in [0, 0.1) is 13.8 Å². The van der Waals surface area contributed by atoms with Gasteiger partial charge in [-0.3, -0.25) is 4.90 Å². The van der Waals surface area contributed by atoms with Gasteiger partial charge in [0, 0.05) is 12.0 Å². The van der Waals surface area contributed by atoms with E-state index in [1.807, 2.05) is 26.8 Å². The van der Waals surface area contributed by atoms with E-state index in [9.17, 15) is 5.11 Å². The van der Waals surface area contributed by atoms with Crippen molar-refractivity contribution in [1.82, 2.24) is 14.8 Å². The van der Waals surface area contributed by atoms with Crippen molar-refractivity contribution in [3.8, 4) is 5.75 Å². The Morgan fingerprint density at radius 1 is 1.36 bits per heavy atom. The van der Waals surface area contributed by atoms with E-state index in [0.29, 0.717) is 23.6 Å². The van der Waals surface area contributed by atoms with E-state index in [1.54, 1.807) is 15.6 Å². The Balaban J connectivity index is 2.60. The molecule has 2 aromatic rings. The van der Waals surface area contributed by atoms with Gasteiger partial charge in [-0.2, -0.15) is 5.10 Å². The molecule has 0 radical (unpaired) electrons. The van der Waals surface area contributed by atoms with Crippen LogP contribution in [0.3, 0.4) is 0 Å². The first-order chi connectivity index (χ1) is 10.4. The highest BCUT2D eigenvalue weighted by molar-refractivity contribution is 5.77. The van der Waals surface area contributed by atoms with Gasteiger partial charge in [0.2, 0.25) is 0 Å². The second-order valence-corrected chi connectivity index (χ2v) is 5.06. The van der Waals surface area contributed by atoms with Crippen LogP contribution in [0.2, 0.25) is 0 Å². The molecule has 0 saturated carbocycles. The standard InChI is InChI=1S/C16H21N5O/c1-6-15-18-9-19-21(15)13(5)20(12(4)17)16-10(2)7-8-14(22)11(16)3/h7-9,22H,4-6,17H2,1-3H3. The molecule has 22 heavy (non-hydrogen) atoms. The number of aromatic nitrogens is 3. The van der Waals surface area contributed by atoms with Gasteiger partial charge in [0.25, 0.3) is 0 Å². The molecule has 0 saturated heterocycles. The molecule has 0 aliphatic carbocycles. The lowest BCUT2D eigenvalue weighted by molar-refractivity contribution is 0.471. The number of aryl methyl sites for hydroxylation is 2. The SMILES string of the molecule is C=C(N)N(C(=C)n1ncnc1CC)c1c(C)ccc(O)c1C. The molecule has 116 valence electrons. The van der Waals surface area contributed by atoms with Gasteiger partial charge in [0.1, 0.15) is 29.5 Å².